The van der Waals surface area contributed by atoms with E-state index < -0.39 is 28.5 Å². The number of anilines is 1. The van der Waals surface area contributed by atoms with Gasteiger partial charge in [-0.1, -0.05) is 48.0 Å². The van der Waals surface area contributed by atoms with E-state index in [0.717, 1.165) is 15.4 Å². The Hall–Kier alpha value is -3.85. The van der Waals surface area contributed by atoms with Gasteiger partial charge in [0.1, 0.15) is 18.3 Å². The second-order valence-electron chi connectivity index (χ2n) is 9.60. The van der Waals surface area contributed by atoms with E-state index in [1.165, 1.54) is 17.0 Å². The molecule has 0 saturated carbocycles. The Morgan fingerprint density at radius 2 is 1.51 bits per heavy atom. The van der Waals surface area contributed by atoms with Gasteiger partial charge in [-0.2, -0.15) is 0 Å². The topological polar surface area (TPSA) is 96.0 Å². The Morgan fingerprint density at radius 3 is 2.08 bits per heavy atom. The maximum Gasteiger partial charge on any atom is 0.264 e. The lowest BCUT2D eigenvalue weighted by Crippen LogP contribution is -2.52. The number of nitrogens with one attached hydrogen (secondary N) is 1. The molecule has 0 aliphatic carbocycles. The van der Waals surface area contributed by atoms with Crippen LogP contribution in [0.25, 0.3) is 0 Å². The highest BCUT2D eigenvalue weighted by molar-refractivity contribution is 7.92. The molecule has 0 aliphatic rings. The number of carbonyl (C=O) groups excluding carboxylic acids is 2. The number of hydrogen-bond donors (Lipinski definition) is 1. The third-order valence-electron chi connectivity index (χ3n) is 6.12. The number of carbonyl (C=O) groups is 2. The van der Waals surface area contributed by atoms with Crippen LogP contribution in [0.5, 0.6) is 5.75 Å². The highest BCUT2D eigenvalue weighted by Gasteiger charge is 2.32. The minimum absolute atomic E-state index is 0.0262. The van der Waals surface area contributed by atoms with E-state index in [4.69, 9.17) is 4.74 Å². The molecule has 0 aliphatic heterocycles. The average molecular weight is 552 g/mol. The molecule has 0 heterocycles. The Morgan fingerprint density at radius 1 is 0.897 bits per heavy atom. The Balaban J connectivity index is 1.99. The van der Waals surface area contributed by atoms with E-state index in [2.05, 4.69) is 5.32 Å². The molecule has 2 amide bonds. The van der Waals surface area contributed by atoms with Crippen LogP contribution >= 0.6 is 0 Å². The summed E-state index contributed by atoms with van der Waals surface area (Å²) in [4.78, 5) is 28.3. The smallest absolute Gasteiger partial charge is 0.264 e. The van der Waals surface area contributed by atoms with Gasteiger partial charge < -0.3 is 15.0 Å². The maximum atomic E-state index is 13.9. The van der Waals surface area contributed by atoms with Gasteiger partial charge in [0, 0.05) is 12.6 Å². The lowest BCUT2D eigenvalue weighted by molar-refractivity contribution is -0.139. The molecule has 8 nitrogen and oxygen atoms in total. The van der Waals surface area contributed by atoms with Gasteiger partial charge in [0.2, 0.25) is 11.8 Å². The normalized spacial score (nSPS) is 12.1. The van der Waals surface area contributed by atoms with E-state index in [9.17, 15) is 18.0 Å². The van der Waals surface area contributed by atoms with Crippen molar-refractivity contribution >= 4 is 27.5 Å². The molecule has 0 fully saturated rings. The number of hydrogen-bond acceptors (Lipinski definition) is 5. The highest BCUT2D eigenvalue weighted by Crippen LogP contribution is 2.26. The fourth-order valence-electron chi connectivity index (χ4n) is 4.00. The third kappa shape index (κ3) is 7.83. The first kappa shape index (κ1) is 29.7. The molecule has 3 rings (SSSR count). The number of nitrogens with zero attached hydrogens (tertiary/aromatic N) is 2. The predicted octanol–water partition coefficient (Wildman–Crippen LogP) is 4.53. The van der Waals surface area contributed by atoms with Crippen LogP contribution in [0, 0.1) is 6.92 Å². The SMILES string of the molecule is CCOc1ccc(S(=O)(=O)N(CC(=O)N(Cc2ccc(C)cc2)[C@@H](C)C(=O)NC(C)C)c2ccccc2)cc1. The van der Waals surface area contributed by atoms with Gasteiger partial charge in [0.15, 0.2) is 0 Å². The molecule has 0 radical (unpaired) electrons. The standard InChI is InChI=1S/C30H37N3O5S/c1-6-38-27-16-18-28(19-17-27)39(36,37)33(26-10-8-7-9-11-26)21-29(34)32(24(5)30(35)31-22(2)3)20-25-14-12-23(4)13-15-25/h7-19,22,24H,6,20-21H2,1-5H3,(H,31,35)/t24-/m0/s1. The average Bonchev–Trinajstić information content (AvgIpc) is 2.91. The number of amides is 2. The molecule has 208 valence electrons. The molecular weight excluding hydrogens is 514 g/mol. The van der Waals surface area contributed by atoms with Crippen molar-refractivity contribution in [3.63, 3.8) is 0 Å². The summed E-state index contributed by atoms with van der Waals surface area (Å²) in [6.07, 6.45) is 0. The lowest BCUT2D eigenvalue weighted by Gasteiger charge is -2.32. The molecule has 0 unspecified atom stereocenters. The summed E-state index contributed by atoms with van der Waals surface area (Å²) in [5.74, 6) is -0.264. The zero-order valence-corrected chi connectivity index (χ0v) is 23.9. The molecule has 0 bridgehead atoms. The Kier molecular flexibility index (Phi) is 10.1. The number of benzene rings is 3. The number of aryl methyl sites for hydroxylation is 1. The number of sulfonamides is 1. The monoisotopic (exact) mass is 551 g/mol. The second-order valence-corrected chi connectivity index (χ2v) is 11.5. The van der Waals surface area contributed by atoms with Crippen LogP contribution < -0.4 is 14.4 Å². The van der Waals surface area contributed by atoms with Gasteiger partial charge in [-0.05, 0) is 76.6 Å². The first-order valence-electron chi connectivity index (χ1n) is 13.0. The minimum Gasteiger partial charge on any atom is -0.494 e. The molecule has 39 heavy (non-hydrogen) atoms. The van der Waals surface area contributed by atoms with Gasteiger partial charge in [0.25, 0.3) is 10.0 Å². The van der Waals surface area contributed by atoms with E-state index in [0.29, 0.717) is 18.0 Å². The van der Waals surface area contributed by atoms with E-state index in [1.807, 2.05) is 52.0 Å². The number of ether oxygens (including phenoxy) is 1. The molecule has 0 aromatic heterocycles. The summed E-state index contributed by atoms with van der Waals surface area (Å²) in [6.45, 7) is 9.28. The number of rotatable bonds is 12. The first-order chi connectivity index (χ1) is 18.5. The van der Waals surface area contributed by atoms with Crippen molar-refractivity contribution in [3.05, 3.63) is 90.0 Å². The van der Waals surface area contributed by atoms with E-state index >= 15 is 0 Å². The van der Waals surface area contributed by atoms with Crippen LogP contribution in [0.4, 0.5) is 5.69 Å². The van der Waals surface area contributed by atoms with Gasteiger partial charge in [0.05, 0.1) is 17.2 Å². The third-order valence-corrected chi connectivity index (χ3v) is 7.91. The van der Waals surface area contributed by atoms with Gasteiger partial charge in [-0.3, -0.25) is 13.9 Å². The van der Waals surface area contributed by atoms with Gasteiger partial charge >= 0.3 is 0 Å². The fourth-order valence-corrected chi connectivity index (χ4v) is 5.42. The number of para-hydroxylation sites is 1. The predicted molar refractivity (Wildman–Crippen MR) is 153 cm³/mol. The van der Waals surface area contributed by atoms with Crippen LogP contribution in [0.2, 0.25) is 0 Å². The Labute approximate surface area is 231 Å². The van der Waals surface area contributed by atoms with Gasteiger partial charge in [-0.25, -0.2) is 8.42 Å². The molecule has 1 N–H and O–H groups in total. The zero-order chi connectivity index (χ0) is 28.6. The minimum atomic E-state index is -4.13. The largest absolute Gasteiger partial charge is 0.494 e. The van der Waals surface area contributed by atoms with Crippen molar-refractivity contribution < 1.29 is 22.7 Å². The molecule has 0 spiro atoms. The molecule has 9 heteroatoms. The van der Waals surface area contributed by atoms with Crippen LogP contribution in [0.1, 0.15) is 38.8 Å². The second kappa shape index (κ2) is 13.3. The molecule has 0 saturated heterocycles. The maximum absolute atomic E-state index is 13.9. The van der Waals surface area contributed by atoms with E-state index in [1.54, 1.807) is 49.4 Å². The van der Waals surface area contributed by atoms with Crippen molar-refractivity contribution in [3.8, 4) is 5.75 Å². The quantitative estimate of drug-likeness (QED) is 0.357. The van der Waals surface area contributed by atoms with Crippen molar-refractivity contribution in [1.82, 2.24) is 10.2 Å². The van der Waals surface area contributed by atoms with Gasteiger partial charge in [-0.15, -0.1) is 0 Å². The molecular formula is C30H37N3O5S. The summed E-state index contributed by atoms with van der Waals surface area (Å²) in [5.41, 5.74) is 2.24. The summed E-state index contributed by atoms with van der Waals surface area (Å²) in [7, 11) is -4.13. The highest BCUT2D eigenvalue weighted by atomic mass is 32.2. The molecule has 3 aromatic rings. The van der Waals surface area contributed by atoms with Crippen LogP contribution in [-0.4, -0.2) is 50.4 Å². The fraction of sp³-hybridized carbons (Fsp3) is 0.333. The molecule has 3 aromatic carbocycles. The van der Waals surface area contributed by atoms with Crippen molar-refractivity contribution in [1.29, 1.82) is 0 Å². The van der Waals surface area contributed by atoms with Crippen molar-refractivity contribution in [2.75, 3.05) is 17.5 Å². The zero-order valence-electron chi connectivity index (χ0n) is 23.1. The lowest BCUT2D eigenvalue weighted by atomic mass is 10.1. The summed E-state index contributed by atoms with van der Waals surface area (Å²) in [5, 5.41) is 2.85. The Bertz CT molecular complexity index is 1340. The van der Waals surface area contributed by atoms with Crippen LogP contribution in [0.3, 0.4) is 0 Å². The van der Waals surface area contributed by atoms with Crippen molar-refractivity contribution in [2.45, 2.75) is 58.1 Å². The summed E-state index contributed by atoms with van der Waals surface area (Å²) in [6, 6.07) is 21.3. The van der Waals surface area contributed by atoms with Crippen molar-refractivity contribution in [2.24, 2.45) is 0 Å². The van der Waals surface area contributed by atoms with Crippen LogP contribution in [-0.2, 0) is 26.2 Å². The summed E-state index contributed by atoms with van der Waals surface area (Å²) < 4.78 is 34.2. The van der Waals surface area contributed by atoms with E-state index in [-0.39, 0.29) is 23.4 Å². The summed E-state index contributed by atoms with van der Waals surface area (Å²) >= 11 is 0. The first-order valence-corrected chi connectivity index (χ1v) is 14.4. The van der Waals surface area contributed by atoms with Crippen LogP contribution in [0.15, 0.2) is 83.8 Å². The molecule has 1 atom stereocenters.